The fraction of sp³-hybridized carbons (Fsp3) is 0.647. The van der Waals surface area contributed by atoms with Gasteiger partial charge in [0.2, 0.25) is 0 Å². The third-order valence-corrected chi connectivity index (χ3v) is 4.23. The van der Waals surface area contributed by atoms with E-state index in [4.69, 9.17) is 14.6 Å². The van der Waals surface area contributed by atoms with E-state index in [1.165, 1.54) is 5.56 Å². The molecule has 0 radical (unpaired) electrons. The Morgan fingerprint density at radius 2 is 1.95 bits per heavy atom. The van der Waals surface area contributed by atoms with Gasteiger partial charge in [-0.25, -0.2) is 0 Å². The molecule has 1 fully saturated rings. The summed E-state index contributed by atoms with van der Waals surface area (Å²) in [6.45, 7) is 3.80. The van der Waals surface area contributed by atoms with Gasteiger partial charge in [-0.2, -0.15) is 0 Å². The van der Waals surface area contributed by atoms with E-state index in [-0.39, 0.29) is 0 Å². The molecule has 0 spiro atoms. The first-order valence-corrected chi connectivity index (χ1v) is 7.90. The number of methoxy groups -OCH3 is 1. The number of benzene rings is 1. The SMILES string of the molecule is CCOc1cc(CNC2CCC(CO)CC2)ccc1OC. The molecule has 1 aliphatic rings. The van der Waals surface area contributed by atoms with Gasteiger partial charge in [0.1, 0.15) is 0 Å². The monoisotopic (exact) mass is 293 g/mol. The number of hydrogen-bond acceptors (Lipinski definition) is 4. The maximum absolute atomic E-state index is 9.17. The Morgan fingerprint density at radius 1 is 1.19 bits per heavy atom. The van der Waals surface area contributed by atoms with Gasteiger partial charge in [0.15, 0.2) is 11.5 Å². The number of nitrogens with one attached hydrogen (secondary N) is 1. The van der Waals surface area contributed by atoms with Crippen LogP contribution in [0.2, 0.25) is 0 Å². The zero-order valence-corrected chi connectivity index (χ0v) is 13.1. The van der Waals surface area contributed by atoms with Crippen LogP contribution in [0.4, 0.5) is 0 Å². The van der Waals surface area contributed by atoms with Crippen molar-refractivity contribution in [1.29, 1.82) is 0 Å². The van der Waals surface area contributed by atoms with Crippen molar-refractivity contribution in [3.8, 4) is 11.5 Å². The van der Waals surface area contributed by atoms with Crippen LogP contribution in [0, 0.1) is 5.92 Å². The van der Waals surface area contributed by atoms with E-state index < -0.39 is 0 Å². The van der Waals surface area contributed by atoms with Crippen molar-refractivity contribution in [2.24, 2.45) is 5.92 Å². The lowest BCUT2D eigenvalue weighted by Gasteiger charge is -2.28. The smallest absolute Gasteiger partial charge is 0.161 e. The summed E-state index contributed by atoms with van der Waals surface area (Å²) in [6.07, 6.45) is 4.56. The molecule has 0 heterocycles. The topological polar surface area (TPSA) is 50.7 Å². The van der Waals surface area contributed by atoms with Gasteiger partial charge in [-0.15, -0.1) is 0 Å². The minimum atomic E-state index is 0.336. The molecule has 1 saturated carbocycles. The molecule has 2 N–H and O–H groups in total. The van der Waals surface area contributed by atoms with Crippen LogP contribution in [0.25, 0.3) is 0 Å². The zero-order valence-electron chi connectivity index (χ0n) is 13.1. The molecule has 4 nitrogen and oxygen atoms in total. The van der Waals surface area contributed by atoms with Crippen LogP contribution in [0.15, 0.2) is 18.2 Å². The first kappa shape index (κ1) is 16.1. The third kappa shape index (κ3) is 4.61. The number of aliphatic hydroxyl groups excluding tert-OH is 1. The average molecular weight is 293 g/mol. The summed E-state index contributed by atoms with van der Waals surface area (Å²) in [5, 5.41) is 12.8. The van der Waals surface area contributed by atoms with Crippen molar-refractivity contribution < 1.29 is 14.6 Å². The van der Waals surface area contributed by atoms with Gasteiger partial charge >= 0.3 is 0 Å². The van der Waals surface area contributed by atoms with E-state index in [1.807, 2.05) is 13.0 Å². The van der Waals surface area contributed by atoms with E-state index in [2.05, 4.69) is 17.4 Å². The Morgan fingerprint density at radius 3 is 2.57 bits per heavy atom. The first-order chi connectivity index (χ1) is 10.3. The predicted octanol–water partition coefficient (Wildman–Crippen LogP) is 2.73. The largest absolute Gasteiger partial charge is 0.493 e. The molecule has 2 rings (SSSR count). The fourth-order valence-corrected chi connectivity index (χ4v) is 2.91. The molecule has 0 atom stereocenters. The van der Waals surface area contributed by atoms with Crippen LogP contribution < -0.4 is 14.8 Å². The molecular formula is C17H27NO3. The normalized spacial score (nSPS) is 22.0. The summed E-state index contributed by atoms with van der Waals surface area (Å²) >= 11 is 0. The Bertz CT molecular complexity index is 428. The first-order valence-electron chi connectivity index (χ1n) is 7.90. The number of hydrogen-bond donors (Lipinski definition) is 2. The minimum Gasteiger partial charge on any atom is -0.493 e. The van der Waals surface area contributed by atoms with Crippen molar-refractivity contribution in [3.63, 3.8) is 0 Å². The maximum Gasteiger partial charge on any atom is 0.161 e. The molecule has 0 amide bonds. The number of ether oxygens (including phenoxy) is 2. The van der Waals surface area contributed by atoms with E-state index in [0.717, 1.165) is 43.7 Å². The number of aliphatic hydroxyl groups is 1. The summed E-state index contributed by atoms with van der Waals surface area (Å²) < 4.78 is 10.9. The van der Waals surface area contributed by atoms with Gasteiger partial charge in [-0.05, 0) is 56.2 Å². The second-order valence-corrected chi connectivity index (χ2v) is 5.70. The standard InChI is InChI=1S/C17H27NO3/c1-3-21-17-10-14(6-9-16(17)20-2)11-18-15-7-4-13(12-19)5-8-15/h6,9-10,13,15,18-19H,3-5,7-8,11-12H2,1-2H3. The fourth-order valence-electron chi connectivity index (χ4n) is 2.91. The molecule has 4 heteroatoms. The summed E-state index contributed by atoms with van der Waals surface area (Å²) in [6, 6.07) is 6.65. The Balaban J connectivity index is 1.87. The average Bonchev–Trinajstić information content (AvgIpc) is 2.54. The summed E-state index contributed by atoms with van der Waals surface area (Å²) in [7, 11) is 1.66. The van der Waals surface area contributed by atoms with Crippen LogP contribution in [0.5, 0.6) is 11.5 Å². The van der Waals surface area contributed by atoms with Gasteiger partial charge in [0.05, 0.1) is 13.7 Å². The van der Waals surface area contributed by atoms with Gasteiger partial charge in [0.25, 0.3) is 0 Å². The van der Waals surface area contributed by atoms with Crippen LogP contribution in [-0.2, 0) is 6.54 Å². The highest BCUT2D eigenvalue weighted by atomic mass is 16.5. The summed E-state index contributed by atoms with van der Waals surface area (Å²) in [5.41, 5.74) is 1.21. The second-order valence-electron chi connectivity index (χ2n) is 5.70. The van der Waals surface area contributed by atoms with Gasteiger partial charge < -0.3 is 19.9 Å². The quantitative estimate of drug-likeness (QED) is 0.811. The van der Waals surface area contributed by atoms with E-state index in [9.17, 15) is 0 Å². The molecule has 118 valence electrons. The Kier molecular flexibility index (Phi) is 6.33. The van der Waals surface area contributed by atoms with E-state index >= 15 is 0 Å². The van der Waals surface area contributed by atoms with Crippen LogP contribution >= 0.6 is 0 Å². The van der Waals surface area contributed by atoms with E-state index in [0.29, 0.717) is 25.2 Å². The molecular weight excluding hydrogens is 266 g/mol. The van der Waals surface area contributed by atoms with Gasteiger partial charge in [-0.1, -0.05) is 6.07 Å². The lowest BCUT2D eigenvalue weighted by atomic mass is 9.86. The highest BCUT2D eigenvalue weighted by Crippen LogP contribution is 2.28. The van der Waals surface area contributed by atoms with Crippen LogP contribution in [0.1, 0.15) is 38.2 Å². The molecule has 1 aliphatic carbocycles. The molecule has 21 heavy (non-hydrogen) atoms. The summed E-state index contributed by atoms with van der Waals surface area (Å²) in [4.78, 5) is 0. The van der Waals surface area contributed by atoms with Gasteiger partial charge in [-0.3, -0.25) is 0 Å². The third-order valence-electron chi connectivity index (χ3n) is 4.23. The lowest BCUT2D eigenvalue weighted by Crippen LogP contribution is -2.33. The number of rotatable bonds is 7. The molecule has 1 aromatic rings. The van der Waals surface area contributed by atoms with Crippen LogP contribution in [-0.4, -0.2) is 31.5 Å². The molecule has 1 aromatic carbocycles. The molecule has 0 aromatic heterocycles. The lowest BCUT2D eigenvalue weighted by molar-refractivity contribution is 0.175. The predicted molar refractivity (Wildman–Crippen MR) is 83.8 cm³/mol. The van der Waals surface area contributed by atoms with Crippen molar-refractivity contribution in [2.45, 2.75) is 45.2 Å². The van der Waals surface area contributed by atoms with Crippen molar-refractivity contribution in [1.82, 2.24) is 5.32 Å². The van der Waals surface area contributed by atoms with Crippen LogP contribution in [0.3, 0.4) is 0 Å². The highest BCUT2D eigenvalue weighted by Gasteiger charge is 2.20. The molecule has 0 aliphatic heterocycles. The minimum absolute atomic E-state index is 0.336. The second kappa shape index (κ2) is 8.25. The Hall–Kier alpha value is -1.26. The van der Waals surface area contributed by atoms with E-state index in [1.54, 1.807) is 7.11 Å². The van der Waals surface area contributed by atoms with Gasteiger partial charge in [0, 0.05) is 19.2 Å². The highest BCUT2D eigenvalue weighted by molar-refractivity contribution is 5.42. The maximum atomic E-state index is 9.17. The van der Waals surface area contributed by atoms with Crippen molar-refractivity contribution >= 4 is 0 Å². The Labute approximate surface area is 127 Å². The molecule has 0 bridgehead atoms. The van der Waals surface area contributed by atoms with Crippen molar-refractivity contribution in [3.05, 3.63) is 23.8 Å². The van der Waals surface area contributed by atoms with Crippen molar-refractivity contribution in [2.75, 3.05) is 20.3 Å². The molecule has 0 saturated heterocycles. The summed E-state index contributed by atoms with van der Waals surface area (Å²) in [5.74, 6) is 2.10. The zero-order chi connectivity index (χ0) is 15.1. The molecule has 0 unspecified atom stereocenters.